The lowest BCUT2D eigenvalue weighted by atomic mass is 9.94. The predicted octanol–water partition coefficient (Wildman–Crippen LogP) is 2.08. The number of benzene rings is 1. The third kappa shape index (κ3) is 4.13. The van der Waals surface area contributed by atoms with Gasteiger partial charge in [0.05, 0.1) is 11.3 Å². The van der Waals surface area contributed by atoms with E-state index in [0.717, 1.165) is 42.5 Å². The monoisotopic (exact) mass is 434 g/mol. The maximum atomic E-state index is 13.7. The van der Waals surface area contributed by atoms with Gasteiger partial charge >= 0.3 is 0 Å². The van der Waals surface area contributed by atoms with Gasteiger partial charge in [0, 0.05) is 62.5 Å². The molecule has 2 aliphatic heterocycles. The molecule has 4 rings (SSSR count). The third-order valence-corrected chi connectivity index (χ3v) is 8.06. The molecule has 0 bridgehead atoms. The van der Waals surface area contributed by atoms with Crippen LogP contribution in [0, 0.1) is 11.7 Å². The summed E-state index contributed by atoms with van der Waals surface area (Å²) in [5, 5.41) is 0.788. The van der Waals surface area contributed by atoms with Gasteiger partial charge in [-0.3, -0.25) is 9.78 Å². The Morgan fingerprint density at radius 2 is 1.80 bits per heavy atom. The van der Waals surface area contributed by atoms with Gasteiger partial charge in [0.15, 0.2) is 0 Å². The zero-order valence-corrected chi connectivity index (χ0v) is 17.9. The molecular weight excluding hydrogens is 407 g/mol. The number of amides is 1. The van der Waals surface area contributed by atoms with E-state index >= 15 is 0 Å². The number of rotatable bonds is 4. The average molecular weight is 435 g/mol. The number of sulfonamides is 1. The summed E-state index contributed by atoms with van der Waals surface area (Å²) in [6.45, 7) is 4.72. The van der Waals surface area contributed by atoms with E-state index in [0.29, 0.717) is 26.2 Å². The molecule has 0 N–H and O–H groups in total. The van der Waals surface area contributed by atoms with E-state index in [1.54, 1.807) is 24.1 Å². The van der Waals surface area contributed by atoms with Crippen molar-refractivity contribution in [1.82, 2.24) is 14.2 Å². The van der Waals surface area contributed by atoms with E-state index in [9.17, 15) is 17.6 Å². The molecule has 0 spiro atoms. The van der Waals surface area contributed by atoms with Crippen LogP contribution in [0.15, 0.2) is 30.5 Å². The SMILES string of the molecule is CCS(=O)(=O)N1CCN(C(=O)C2CCN(c3ccnc4ccc(F)cc34)CC2)CC1. The Labute approximate surface area is 176 Å². The van der Waals surface area contributed by atoms with Gasteiger partial charge < -0.3 is 9.80 Å². The molecule has 1 aromatic carbocycles. The molecule has 0 unspecified atom stereocenters. The fourth-order valence-electron chi connectivity index (χ4n) is 4.37. The van der Waals surface area contributed by atoms with Crippen LogP contribution in [-0.2, 0) is 14.8 Å². The van der Waals surface area contributed by atoms with Gasteiger partial charge in [-0.2, -0.15) is 4.31 Å². The summed E-state index contributed by atoms with van der Waals surface area (Å²) < 4.78 is 39.2. The lowest BCUT2D eigenvalue weighted by Gasteiger charge is -2.38. The summed E-state index contributed by atoms with van der Waals surface area (Å²) in [6.07, 6.45) is 3.19. The van der Waals surface area contributed by atoms with Gasteiger partial charge in [-0.15, -0.1) is 0 Å². The smallest absolute Gasteiger partial charge is 0.225 e. The fraction of sp³-hybridized carbons (Fsp3) is 0.524. The lowest BCUT2D eigenvalue weighted by molar-refractivity contribution is -0.137. The Balaban J connectivity index is 1.37. The van der Waals surface area contributed by atoms with Crippen LogP contribution in [0.1, 0.15) is 19.8 Å². The van der Waals surface area contributed by atoms with Gasteiger partial charge in [-0.1, -0.05) is 0 Å². The molecule has 1 amide bonds. The summed E-state index contributed by atoms with van der Waals surface area (Å²) in [4.78, 5) is 21.3. The van der Waals surface area contributed by atoms with Crippen molar-refractivity contribution < 1.29 is 17.6 Å². The maximum Gasteiger partial charge on any atom is 0.225 e. The Hall–Kier alpha value is -2.26. The number of aromatic nitrogens is 1. The van der Waals surface area contributed by atoms with Crippen LogP contribution in [0.2, 0.25) is 0 Å². The van der Waals surface area contributed by atoms with Gasteiger partial charge in [0.25, 0.3) is 0 Å². The number of piperazine rings is 1. The molecule has 30 heavy (non-hydrogen) atoms. The Morgan fingerprint density at radius 1 is 1.10 bits per heavy atom. The standard InChI is InChI=1S/C21H27FN4O3S/c1-2-30(28,29)26-13-11-25(12-14-26)21(27)16-6-9-24(10-7-16)20-5-8-23-19-4-3-17(22)15-18(19)20/h3-5,8,15-16H,2,6-7,9-14H2,1H3. The fourth-order valence-corrected chi connectivity index (χ4v) is 5.46. The van der Waals surface area contributed by atoms with Crippen molar-refractivity contribution in [1.29, 1.82) is 0 Å². The second-order valence-corrected chi connectivity index (χ2v) is 10.1. The summed E-state index contributed by atoms with van der Waals surface area (Å²) >= 11 is 0. The van der Waals surface area contributed by atoms with E-state index < -0.39 is 10.0 Å². The van der Waals surface area contributed by atoms with Gasteiger partial charge in [-0.25, -0.2) is 12.8 Å². The Bertz CT molecular complexity index is 1030. The van der Waals surface area contributed by atoms with Crippen LogP contribution in [0.5, 0.6) is 0 Å². The number of carbonyl (C=O) groups excluding carboxylic acids is 1. The Morgan fingerprint density at radius 3 is 2.47 bits per heavy atom. The molecule has 2 aromatic rings. The van der Waals surface area contributed by atoms with E-state index in [2.05, 4.69) is 9.88 Å². The maximum absolute atomic E-state index is 13.7. The highest BCUT2D eigenvalue weighted by Crippen LogP contribution is 2.30. The summed E-state index contributed by atoms with van der Waals surface area (Å²) in [5.74, 6) is -0.132. The van der Waals surface area contributed by atoms with Gasteiger partial charge in [0.2, 0.25) is 15.9 Å². The summed E-state index contributed by atoms with van der Waals surface area (Å²) in [6, 6.07) is 6.51. The topological polar surface area (TPSA) is 73.8 Å². The van der Waals surface area contributed by atoms with E-state index in [1.807, 2.05) is 6.07 Å². The molecule has 7 nitrogen and oxygen atoms in total. The van der Waals surface area contributed by atoms with E-state index in [-0.39, 0.29) is 23.4 Å². The van der Waals surface area contributed by atoms with Crippen molar-refractivity contribution >= 4 is 32.5 Å². The molecule has 162 valence electrons. The van der Waals surface area contributed by atoms with Crippen molar-refractivity contribution in [3.8, 4) is 0 Å². The molecule has 2 saturated heterocycles. The number of piperidine rings is 1. The average Bonchev–Trinajstić information content (AvgIpc) is 2.78. The minimum absolute atomic E-state index is 0.0552. The molecule has 0 atom stereocenters. The molecule has 0 radical (unpaired) electrons. The van der Waals surface area contributed by atoms with Crippen molar-refractivity contribution in [2.45, 2.75) is 19.8 Å². The first-order chi connectivity index (χ1) is 14.4. The number of halogens is 1. The van der Waals surface area contributed by atoms with Crippen LogP contribution in [0.25, 0.3) is 10.9 Å². The first-order valence-electron chi connectivity index (χ1n) is 10.4. The zero-order valence-electron chi connectivity index (χ0n) is 17.1. The normalized spacial score (nSPS) is 19.4. The first-order valence-corrected chi connectivity index (χ1v) is 12.1. The Kier molecular flexibility index (Phi) is 5.92. The number of carbonyl (C=O) groups is 1. The van der Waals surface area contributed by atoms with Crippen LogP contribution < -0.4 is 4.90 Å². The molecular formula is C21H27FN4O3S. The minimum Gasteiger partial charge on any atom is -0.371 e. The van der Waals surface area contributed by atoms with Crippen LogP contribution in [0.3, 0.4) is 0 Å². The highest BCUT2D eigenvalue weighted by Gasteiger charge is 2.33. The predicted molar refractivity (Wildman–Crippen MR) is 114 cm³/mol. The number of hydrogen-bond donors (Lipinski definition) is 0. The summed E-state index contributed by atoms with van der Waals surface area (Å²) in [7, 11) is -3.20. The number of hydrogen-bond acceptors (Lipinski definition) is 5. The van der Waals surface area contributed by atoms with Crippen molar-refractivity contribution in [3.63, 3.8) is 0 Å². The largest absolute Gasteiger partial charge is 0.371 e. The van der Waals surface area contributed by atoms with Gasteiger partial charge in [0.1, 0.15) is 5.82 Å². The molecule has 2 fully saturated rings. The van der Waals surface area contributed by atoms with Crippen LogP contribution in [-0.4, -0.2) is 73.5 Å². The highest BCUT2D eigenvalue weighted by molar-refractivity contribution is 7.89. The van der Waals surface area contributed by atoms with E-state index in [4.69, 9.17) is 0 Å². The van der Waals surface area contributed by atoms with Crippen molar-refractivity contribution in [2.75, 3.05) is 49.9 Å². The number of anilines is 1. The third-order valence-electron chi connectivity index (χ3n) is 6.17. The molecule has 3 heterocycles. The number of pyridine rings is 1. The van der Waals surface area contributed by atoms with Crippen molar-refractivity contribution in [3.05, 3.63) is 36.3 Å². The second-order valence-electron chi connectivity index (χ2n) is 7.88. The molecule has 1 aromatic heterocycles. The van der Waals surface area contributed by atoms with Gasteiger partial charge in [-0.05, 0) is 44.0 Å². The zero-order chi connectivity index (χ0) is 21.3. The second kappa shape index (κ2) is 8.47. The van der Waals surface area contributed by atoms with E-state index in [1.165, 1.54) is 16.4 Å². The molecule has 0 saturated carbocycles. The lowest BCUT2D eigenvalue weighted by Crippen LogP contribution is -2.53. The van der Waals surface area contributed by atoms with Crippen LogP contribution in [0.4, 0.5) is 10.1 Å². The van der Waals surface area contributed by atoms with Crippen molar-refractivity contribution in [2.24, 2.45) is 5.92 Å². The molecule has 9 heteroatoms. The number of nitrogens with zero attached hydrogens (tertiary/aromatic N) is 4. The van der Waals surface area contributed by atoms with Crippen LogP contribution >= 0.6 is 0 Å². The highest BCUT2D eigenvalue weighted by atomic mass is 32.2. The quantitative estimate of drug-likeness (QED) is 0.737. The molecule has 2 aliphatic rings. The first kappa shape index (κ1) is 21.0. The number of fused-ring (bicyclic) bond motifs is 1. The summed E-state index contributed by atoms with van der Waals surface area (Å²) in [5.41, 5.74) is 1.70. The minimum atomic E-state index is -3.20. The molecule has 0 aliphatic carbocycles.